The number of rotatable bonds is 3. The molecule has 1 aromatic rings. The quantitative estimate of drug-likeness (QED) is 0.809. The number of nitrogen functional groups attached to an aromatic ring is 1. The van der Waals surface area contributed by atoms with Crippen LogP contribution in [-0.4, -0.2) is 25.2 Å². The lowest BCUT2D eigenvalue weighted by Gasteiger charge is -2.11. The first-order valence-electron chi connectivity index (χ1n) is 5.61. The summed E-state index contributed by atoms with van der Waals surface area (Å²) in [6.07, 6.45) is 2.21. The van der Waals surface area contributed by atoms with Gasteiger partial charge in [-0.25, -0.2) is 0 Å². The van der Waals surface area contributed by atoms with Crippen LogP contribution in [0.1, 0.15) is 23.2 Å². The number of carbonyl (C=O) groups is 1. The topological polar surface area (TPSA) is 64.4 Å². The molecule has 1 fully saturated rings. The molecule has 17 heavy (non-hydrogen) atoms. The van der Waals surface area contributed by atoms with Gasteiger partial charge in [-0.05, 0) is 31.0 Å². The second-order valence-electron chi connectivity index (χ2n) is 4.08. The van der Waals surface area contributed by atoms with Gasteiger partial charge in [0.1, 0.15) is 0 Å². The molecule has 0 aromatic heterocycles. The molecule has 1 unspecified atom stereocenters. The largest absolute Gasteiger partial charge is 0.398 e. The Kier molecular flexibility index (Phi) is 3.86. The van der Waals surface area contributed by atoms with Crippen molar-refractivity contribution in [2.75, 3.05) is 18.9 Å². The van der Waals surface area contributed by atoms with Crippen molar-refractivity contribution >= 4 is 23.2 Å². The predicted molar refractivity (Wildman–Crippen MR) is 67.2 cm³/mol. The molecule has 92 valence electrons. The first kappa shape index (κ1) is 12.2. The molecule has 1 heterocycles. The highest BCUT2D eigenvalue weighted by Gasteiger charge is 2.16. The van der Waals surface area contributed by atoms with Crippen molar-refractivity contribution in [1.29, 1.82) is 0 Å². The number of hydrogen-bond donors (Lipinski definition) is 2. The maximum absolute atomic E-state index is 11.8. The molecule has 1 amide bonds. The molecule has 1 aliphatic heterocycles. The summed E-state index contributed by atoms with van der Waals surface area (Å²) in [6, 6.07) is 4.86. The Bertz CT molecular complexity index is 417. The summed E-state index contributed by atoms with van der Waals surface area (Å²) in [6.45, 7) is 1.33. The molecule has 0 bridgehead atoms. The predicted octanol–water partition coefficient (Wildman–Crippen LogP) is 1.83. The SMILES string of the molecule is Nc1ccc(C(=O)NCC2CCCO2)cc1Cl. The van der Waals surface area contributed by atoms with Crippen LogP contribution in [0.3, 0.4) is 0 Å². The lowest BCUT2D eigenvalue weighted by atomic mass is 10.2. The van der Waals surface area contributed by atoms with E-state index >= 15 is 0 Å². The average molecular weight is 255 g/mol. The van der Waals surface area contributed by atoms with E-state index in [2.05, 4.69) is 5.32 Å². The fraction of sp³-hybridized carbons (Fsp3) is 0.417. The molecule has 0 saturated carbocycles. The number of benzene rings is 1. The summed E-state index contributed by atoms with van der Waals surface area (Å²) in [7, 11) is 0. The zero-order valence-corrected chi connectivity index (χ0v) is 10.2. The van der Waals surface area contributed by atoms with Gasteiger partial charge in [0.15, 0.2) is 0 Å². The molecular formula is C12H15ClN2O2. The molecule has 1 aromatic carbocycles. The summed E-state index contributed by atoms with van der Waals surface area (Å²) in [5, 5.41) is 3.22. The van der Waals surface area contributed by atoms with Crippen LogP contribution >= 0.6 is 11.6 Å². The molecule has 0 aliphatic carbocycles. The third kappa shape index (κ3) is 3.11. The Balaban J connectivity index is 1.92. The van der Waals surface area contributed by atoms with Crippen LogP contribution in [0.2, 0.25) is 5.02 Å². The Morgan fingerprint density at radius 3 is 3.06 bits per heavy atom. The van der Waals surface area contributed by atoms with Gasteiger partial charge in [0.05, 0.1) is 16.8 Å². The molecule has 1 aliphatic rings. The van der Waals surface area contributed by atoms with Crippen molar-refractivity contribution in [2.45, 2.75) is 18.9 Å². The average Bonchev–Trinajstić information content (AvgIpc) is 2.82. The van der Waals surface area contributed by atoms with Crippen LogP contribution in [0, 0.1) is 0 Å². The van der Waals surface area contributed by atoms with Gasteiger partial charge in [-0.1, -0.05) is 11.6 Å². The van der Waals surface area contributed by atoms with E-state index in [9.17, 15) is 4.79 Å². The van der Waals surface area contributed by atoms with E-state index in [-0.39, 0.29) is 12.0 Å². The van der Waals surface area contributed by atoms with Crippen molar-refractivity contribution in [3.8, 4) is 0 Å². The molecule has 2 rings (SSSR count). The third-order valence-electron chi connectivity index (χ3n) is 2.78. The molecule has 0 radical (unpaired) electrons. The Morgan fingerprint density at radius 1 is 1.59 bits per heavy atom. The van der Waals surface area contributed by atoms with Crippen LogP contribution in [0.15, 0.2) is 18.2 Å². The summed E-state index contributed by atoms with van der Waals surface area (Å²) < 4.78 is 5.42. The van der Waals surface area contributed by atoms with Crippen LogP contribution < -0.4 is 11.1 Å². The van der Waals surface area contributed by atoms with Crippen LogP contribution in [0.5, 0.6) is 0 Å². The number of anilines is 1. The number of hydrogen-bond acceptors (Lipinski definition) is 3. The van der Waals surface area contributed by atoms with Gasteiger partial charge >= 0.3 is 0 Å². The zero-order chi connectivity index (χ0) is 12.3. The van der Waals surface area contributed by atoms with Gasteiger partial charge < -0.3 is 15.8 Å². The molecular weight excluding hydrogens is 240 g/mol. The van der Waals surface area contributed by atoms with E-state index in [4.69, 9.17) is 22.1 Å². The van der Waals surface area contributed by atoms with Crippen molar-refractivity contribution in [3.05, 3.63) is 28.8 Å². The minimum Gasteiger partial charge on any atom is -0.398 e. The van der Waals surface area contributed by atoms with E-state index < -0.39 is 0 Å². The van der Waals surface area contributed by atoms with Crippen LogP contribution in [-0.2, 0) is 4.74 Å². The first-order valence-corrected chi connectivity index (χ1v) is 5.99. The van der Waals surface area contributed by atoms with Crippen LogP contribution in [0.4, 0.5) is 5.69 Å². The van der Waals surface area contributed by atoms with E-state index in [1.165, 1.54) is 0 Å². The standard InChI is InChI=1S/C12H15ClN2O2/c13-10-6-8(3-4-11(10)14)12(16)15-7-9-2-1-5-17-9/h3-4,6,9H,1-2,5,7,14H2,(H,15,16). The second-order valence-corrected chi connectivity index (χ2v) is 4.49. The molecule has 5 heteroatoms. The Labute approximate surface area is 105 Å². The summed E-state index contributed by atoms with van der Waals surface area (Å²) in [5.74, 6) is -0.151. The van der Waals surface area contributed by atoms with Crippen molar-refractivity contribution in [3.63, 3.8) is 0 Å². The lowest BCUT2D eigenvalue weighted by molar-refractivity contribution is 0.0858. The minimum atomic E-state index is -0.151. The van der Waals surface area contributed by atoms with Gasteiger partial charge in [0.25, 0.3) is 5.91 Å². The monoisotopic (exact) mass is 254 g/mol. The fourth-order valence-corrected chi connectivity index (χ4v) is 1.96. The molecule has 4 nitrogen and oxygen atoms in total. The highest BCUT2D eigenvalue weighted by Crippen LogP contribution is 2.19. The maximum atomic E-state index is 11.8. The third-order valence-corrected chi connectivity index (χ3v) is 3.10. The molecule has 3 N–H and O–H groups in total. The number of halogens is 1. The van der Waals surface area contributed by atoms with E-state index in [0.29, 0.717) is 22.8 Å². The highest BCUT2D eigenvalue weighted by molar-refractivity contribution is 6.33. The first-order chi connectivity index (χ1) is 8.16. The number of nitrogens with one attached hydrogen (secondary N) is 1. The minimum absolute atomic E-state index is 0.142. The van der Waals surface area contributed by atoms with Crippen molar-refractivity contribution in [1.82, 2.24) is 5.32 Å². The van der Waals surface area contributed by atoms with Crippen LogP contribution in [0.25, 0.3) is 0 Å². The summed E-state index contributed by atoms with van der Waals surface area (Å²) >= 11 is 5.86. The lowest BCUT2D eigenvalue weighted by Crippen LogP contribution is -2.31. The van der Waals surface area contributed by atoms with Gasteiger partial charge in [0, 0.05) is 18.7 Å². The number of nitrogens with two attached hydrogens (primary N) is 1. The van der Waals surface area contributed by atoms with E-state index in [1.807, 2.05) is 0 Å². The smallest absolute Gasteiger partial charge is 0.251 e. The highest BCUT2D eigenvalue weighted by atomic mass is 35.5. The van der Waals surface area contributed by atoms with Gasteiger partial charge in [-0.3, -0.25) is 4.79 Å². The second kappa shape index (κ2) is 5.38. The van der Waals surface area contributed by atoms with Gasteiger partial charge in [-0.15, -0.1) is 0 Å². The number of ether oxygens (including phenoxy) is 1. The van der Waals surface area contributed by atoms with E-state index in [0.717, 1.165) is 19.4 Å². The molecule has 0 spiro atoms. The number of carbonyl (C=O) groups excluding carboxylic acids is 1. The summed E-state index contributed by atoms with van der Waals surface area (Å²) in [5.41, 5.74) is 6.57. The fourth-order valence-electron chi connectivity index (χ4n) is 1.78. The van der Waals surface area contributed by atoms with Crippen molar-refractivity contribution < 1.29 is 9.53 Å². The zero-order valence-electron chi connectivity index (χ0n) is 9.41. The van der Waals surface area contributed by atoms with Crippen molar-refractivity contribution in [2.24, 2.45) is 0 Å². The Hall–Kier alpha value is -1.26. The Morgan fingerprint density at radius 2 is 2.41 bits per heavy atom. The van der Waals surface area contributed by atoms with Gasteiger partial charge in [-0.2, -0.15) is 0 Å². The molecule has 1 saturated heterocycles. The number of amides is 1. The normalized spacial score (nSPS) is 19.2. The van der Waals surface area contributed by atoms with Gasteiger partial charge in [0.2, 0.25) is 0 Å². The summed E-state index contributed by atoms with van der Waals surface area (Å²) in [4.78, 5) is 11.8. The van der Waals surface area contributed by atoms with E-state index in [1.54, 1.807) is 18.2 Å². The maximum Gasteiger partial charge on any atom is 0.251 e. The molecule has 1 atom stereocenters.